The van der Waals surface area contributed by atoms with Crippen LogP contribution >= 0.6 is 11.6 Å². The number of benzene rings is 4. The molecule has 0 aromatic heterocycles. The van der Waals surface area contributed by atoms with Crippen molar-refractivity contribution in [1.82, 2.24) is 0 Å². The normalized spacial score (nSPS) is 12.6. The summed E-state index contributed by atoms with van der Waals surface area (Å²) in [6.07, 6.45) is 0.500. The third-order valence-electron chi connectivity index (χ3n) is 6.47. The quantitative estimate of drug-likeness (QED) is 0.214. The number of nitrogens with zero attached hydrogens (tertiary/aromatic N) is 2. The number of rotatable bonds is 7. The molecule has 0 radical (unpaired) electrons. The first-order valence-electron chi connectivity index (χ1n) is 11.9. The SMILES string of the molecule is O=C(Nc1ccc(-c2cccc([N+](=O)[O-])c2)cc1C(=O)O)c1cccc(S(=O)(=O)N2CCc3cc(Cl)ccc32)c1. The average Bonchev–Trinajstić information content (AvgIpc) is 3.37. The van der Waals surface area contributed by atoms with E-state index in [4.69, 9.17) is 11.6 Å². The van der Waals surface area contributed by atoms with Crippen LogP contribution in [-0.2, 0) is 16.4 Å². The standard InChI is InChI=1S/C28H20ClN3O7S/c29-21-8-10-26-19(13-21)11-12-31(26)40(38,39)23-6-2-4-20(15-23)27(33)30-25-9-7-18(16-24(25)28(34)35)17-3-1-5-22(14-17)32(36)37/h1-10,13-16H,11-12H2,(H,30,33)(H,34,35). The number of anilines is 2. The Hall–Kier alpha value is -4.74. The van der Waals surface area contributed by atoms with Crippen molar-refractivity contribution in [2.45, 2.75) is 11.3 Å². The molecule has 40 heavy (non-hydrogen) atoms. The number of nitro benzene ring substituents is 1. The Bertz CT molecular complexity index is 1810. The summed E-state index contributed by atoms with van der Waals surface area (Å²) in [5.74, 6) is -2.04. The van der Waals surface area contributed by atoms with Crippen molar-refractivity contribution in [2.24, 2.45) is 0 Å². The van der Waals surface area contributed by atoms with Crippen LogP contribution in [0.2, 0.25) is 5.02 Å². The van der Waals surface area contributed by atoms with Crippen LogP contribution in [0.5, 0.6) is 0 Å². The summed E-state index contributed by atoms with van der Waals surface area (Å²) in [5, 5.41) is 23.9. The van der Waals surface area contributed by atoms with Gasteiger partial charge in [-0.25, -0.2) is 13.2 Å². The molecule has 0 fully saturated rings. The number of hydrogen-bond donors (Lipinski definition) is 2. The minimum atomic E-state index is -3.99. The van der Waals surface area contributed by atoms with Crippen molar-refractivity contribution in [3.8, 4) is 11.1 Å². The van der Waals surface area contributed by atoms with E-state index in [1.54, 1.807) is 24.3 Å². The van der Waals surface area contributed by atoms with Gasteiger partial charge in [-0.05, 0) is 71.6 Å². The molecule has 12 heteroatoms. The second-order valence-corrected chi connectivity index (χ2v) is 11.3. The Kier molecular flexibility index (Phi) is 7.01. The summed E-state index contributed by atoms with van der Waals surface area (Å²) in [7, 11) is -3.99. The Morgan fingerprint density at radius 2 is 1.70 bits per heavy atom. The molecule has 0 bridgehead atoms. The highest BCUT2D eigenvalue weighted by Crippen LogP contribution is 2.35. The first-order chi connectivity index (χ1) is 19.0. The van der Waals surface area contributed by atoms with E-state index in [2.05, 4.69) is 5.32 Å². The van der Waals surface area contributed by atoms with Crippen LogP contribution < -0.4 is 9.62 Å². The van der Waals surface area contributed by atoms with Gasteiger partial charge < -0.3 is 10.4 Å². The number of aromatic carboxylic acids is 1. The molecule has 1 aliphatic rings. The monoisotopic (exact) mass is 577 g/mol. The highest BCUT2D eigenvalue weighted by atomic mass is 35.5. The molecule has 202 valence electrons. The number of carboxylic acids is 1. The van der Waals surface area contributed by atoms with Crippen molar-refractivity contribution >= 4 is 50.6 Å². The minimum absolute atomic E-state index is 0.00991. The van der Waals surface area contributed by atoms with E-state index >= 15 is 0 Å². The molecule has 0 saturated heterocycles. The summed E-state index contributed by atoms with van der Waals surface area (Å²) < 4.78 is 28.1. The van der Waals surface area contributed by atoms with E-state index in [0.29, 0.717) is 28.3 Å². The molecular formula is C28H20ClN3O7S. The molecule has 0 saturated carbocycles. The lowest BCUT2D eigenvalue weighted by Crippen LogP contribution is -2.29. The number of carboxylic acid groups (broad SMARTS) is 1. The van der Waals surface area contributed by atoms with E-state index in [1.807, 2.05) is 0 Å². The molecule has 0 aliphatic carbocycles. The van der Waals surface area contributed by atoms with Gasteiger partial charge in [0.1, 0.15) is 0 Å². The maximum atomic E-state index is 13.4. The number of halogens is 1. The van der Waals surface area contributed by atoms with Gasteiger partial charge in [-0.1, -0.05) is 35.9 Å². The van der Waals surface area contributed by atoms with Crippen LogP contribution in [-0.4, -0.2) is 36.9 Å². The van der Waals surface area contributed by atoms with Gasteiger partial charge in [-0.2, -0.15) is 0 Å². The fraction of sp³-hybridized carbons (Fsp3) is 0.0714. The summed E-state index contributed by atoms with van der Waals surface area (Å²) in [5.41, 5.74) is 1.75. The molecule has 1 amide bonds. The number of nitro groups is 1. The predicted molar refractivity (Wildman–Crippen MR) is 150 cm³/mol. The van der Waals surface area contributed by atoms with E-state index in [9.17, 15) is 33.2 Å². The van der Waals surface area contributed by atoms with Crippen LogP contribution in [0.1, 0.15) is 26.3 Å². The highest BCUT2D eigenvalue weighted by molar-refractivity contribution is 7.92. The summed E-state index contributed by atoms with van der Waals surface area (Å²) in [6, 6.07) is 20.4. The van der Waals surface area contributed by atoms with E-state index in [0.717, 1.165) is 5.56 Å². The lowest BCUT2D eigenvalue weighted by molar-refractivity contribution is -0.384. The fourth-order valence-corrected chi connectivity index (χ4v) is 6.26. The number of nitrogens with one attached hydrogen (secondary N) is 1. The number of amides is 1. The topological polar surface area (TPSA) is 147 Å². The van der Waals surface area contributed by atoms with Gasteiger partial charge in [-0.15, -0.1) is 0 Å². The smallest absolute Gasteiger partial charge is 0.337 e. The van der Waals surface area contributed by atoms with E-state index < -0.39 is 26.8 Å². The minimum Gasteiger partial charge on any atom is -0.478 e. The van der Waals surface area contributed by atoms with Gasteiger partial charge in [0.05, 0.1) is 26.8 Å². The maximum absolute atomic E-state index is 13.4. The Morgan fingerprint density at radius 1 is 0.950 bits per heavy atom. The van der Waals surface area contributed by atoms with Crippen molar-refractivity contribution in [2.75, 3.05) is 16.2 Å². The third kappa shape index (κ3) is 5.12. The van der Waals surface area contributed by atoms with Gasteiger partial charge in [-0.3, -0.25) is 19.2 Å². The molecule has 0 unspecified atom stereocenters. The van der Waals surface area contributed by atoms with Crippen LogP contribution in [0.25, 0.3) is 11.1 Å². The molecule has 0 spiro atoms. The maximum Gasteiger partial charge on any atom is 0.337 e. The van der Waals surface area contributed by atoms with E-state index in [1.165, 1.54) is 65.0 Å². The summed E-state index contributed by atoms with van der Waals surface area (Å²) in [6.45, 7) is 0.229. The zero-order valence-electron chi connectivity index (χ0n) is 20.6. The zero-order valence-corrected chi connectivity index (χ0v) is 22.1. The molecule has 2 N–H and O–H groups in total. The van der Waals surface area contributed by atoms with Crippen LogP contribution in [0.15, 0.2) is 89.8 Å². The average molecular weight is 578 g/mol. The Morgan fingerprint density at radius 3 is 2.45 bits per heavy atom. The lowest BCUT2D eigenvalue weighted by Gasteiger charge is -2.20. The second-order valence-electron chi connectivity index (χ2n) is 8.96. The number of sulfonamides is 1. The Labute approximate surface area is 233 Å². The van der Waals surface area contributed by atoms with Gasteiger partial charge in [0, 0.05) is 29.3 Å². The summed E-state index contributed by atoms with van der Waals surface area (Å²) >= 11 is 6.04. The van der Waals surface area contributed by atoms with Crippen LogP contribution in [0.4, 0.5) is 17.1 Å². The van der Waals surface area contributed by atoms with Crippen LogP contribution in [0.3, 0.4) is 0 Å². The number of carbonyl (C=O) groups is 2. The van der Waals surface area contributed by atoms with Crippen molar-refractivity contribution in [1.29, 1.82) is 0 Å². The number of fused-ring (bicyclic) bond motifs is 1. The van der Waals surface area contributed by atoms with Crippen molar-refractivity contribution in [3.05, 3.63) is 117 Å². The molecule has 1 heterocycles. The van der Waals surface area contributed by atoms with Crippen molar-refractivity contribution in [3.63, 3.8) is 0 Å². The molecule has 5 rings (SSSR count). The fourth-order valence-electron chi connectivity index (χ4n) is 4.52. The van der Waals surface area contributed by atoms with Gasteiger partial charge in [0.25, 0.3) is 21.6 Å². The van der Waals surface area contributed by atoms with Gasteiger partial charge in [0.15, 0.2) is 0 Å². The molecule has 0 atom stereocenters. The zero-order chi connectivity index (χ0) is 28.6. The molecule has 10 nitrogen and oxygen atoms in total. The highest BCUT2D eigenvalue weighted by Gasteiger charge is 2.31. The van der Waals surface area contributed by atoms with Gasteiger partial charge >= 0.3 is 5.97 Å². The van der Waals surface area contributed by atoms with Crippen LogP contribution in [0, 0.1) is 10.1 Å². The first-order valence-corrected chi connectivity index (χ1v) is 13.7. The number of hydrogen-bond acceptors (Lipinski definition) is 6. The lowest BCUT2D eigenvalue weighted by atomic mass is 10.0. The second kappa shape index (κ2) is 10.4. The number of carbonyl (C=O) groups excluding carboxylic acids is 1. The molecule has 1 aliphatic heterocycles. The first kappa shape index (κ1) is 26.9. The molecular weight excluding hydrogens is 558 g/mol. The van der Waals surface area contributed by atoms with E-state index in [-0.39, 0.29) is 33.9 Å². The third-order valence-corrected chi connectivity index (χ3v) is 8.51. The van der Waals surface area contributed by atoms with Gasteiger partial charge in [0.2, 0.25) is 0 Å². The molecule has 4 aromatic rings. The predicted octanol–water partition coefficient (Wildman–Crippen LogP) is 5.62. The van der Waals surface area contributed by atoms with Crippen molar-refractivity contribution < 1.29 is 28.0 Å². The summed E-state index contributed by atoms with van der Waals surface area (Å²) in [4.78, 5) is 35.6. The largest absolute Gasteiger partial charge is 0.478 e. The Balaban J connectivity index is 1.42. The molecule has 4 aromatic carbocycles. The number of non-ortho nitro benzene ring substituents is 1.